The van der Waals surface area contributed by atoms with Crippen molar-refractivity contribution in [3.05, 3.63) is 11.8 Å². The van der Waals surface area contributed by atoms with Crippen LogP contribution in [0.4, 0.5) is 0 Å². The second-order valence-corrected chi connectivity index (χ2v) is 2.20. The van der Waals surface area contributed by atoms with Crippen LogP contribution in [-0.4, -0.2) is 15.7 Å². The Labute approximate surface area is 69.2 Å². The summed E-state index contributed by atoms with van der Waals surface area (Å²) >= 11 is 0. The van der Waals surface area contributed by atoms with E-state index in [1.807, 2.05) is 6.07 Å². The summed E-state index contributed by atoms with van der Waals surface area (Å²) in [6, 6.07) is 3.30. The zero-order valence-corrected chi connectivity index (χ0v) is 6.74. The Morgan fingerprint density at radius 2 is 2.50 bits per heavy atom. The van der Waals surface area contributed by atoms with Crippen LogP contribution in [0.25, 0.3) is 0 Å². The van der Waals surface area contributed by atoms with Gasteiger partial charge in [-0.2, -0.15) is 5.26 Å². The smallest absolute Gasteiger partial charge is 0.309 e. The molecule has 0 aliphatic carbocycles. The molecule has 0 bridgehead atoms. The number of nitriles is 1. The first-order valence-corrected chi connectivity index (χ1v) is 3.26. The highest BCUT2D eigenvalue weighted by Crippen LogP contribution is 2.09. The van der Waals surface area contributed by atoms with E-state index in [2.05, 4.69) is 9.84 Å². The van der Waals surface area contributed by atoms with Crippen molar-refractivity contribution in [3.8, 4) is 11.9 Å². The second kappa shape index (κ2) is 3.05. The molecule has 0 saturated heterocycles. The van der Waals surface area contributed by atoms with E-state index < -0.39 is 5.97 Å². The number of esters is 1. The first kappa shape index (κ1) is 8.27. The number of aromatic nitrogens is 2. The third kappa shape index (κ3) is 1.61. The van der Waals surface area contributed by atoms with Crippen molar-refractivity contribution < 1.29 is 9.53 Å². The zero-order valence-electron chi connectivity index (χ0n) is 6.74. The highest BCUT2D eigenvalue weighted by Gasteiger charge is 2.06. The van der Waals surface area contributed by atoms with Gasteiger partial charge in [0.05, 0.1) is 0 Å². The minimum atomic E-state index is -0.447. The first-order valence-electron chi connectivity index (χ1n) is 3.26. The summed E-state index contributed by atoms with van der Waals surface area (Å²) in [7, 11) is 1.60. The quantitative estimate of drug-likeness (QED) is 0.558. The number of nitrogens with zero attached hydrogens (tertiary/aromatic N) is 3. The fraction of sp³-hybridized carbons (Fsp3) is 0.286. The van der Waals surface area contributed by atoms with Crippen molar-refractivity contribution in [2.75, 3.05) is 0 Å². The number of carbonyl (C=O) groups is 1. The molecule has 0 N–H and O–H groups in total. The predicted octanol–water partition coefficient (Wildman–Crippen LogP) is 0.217. The lowest BCUT2D eigenvalue weighted by molar-refractivity contribution is -0.132. The molecule has 0 radical (unpaired) electrons. The molecular weight excluding hydrogens is 158 g/mol. The molecular formula is C7H7N3O2. The maximum Gasteiger partial charge on any atom is 0.309 e. The van der Waals surface area contributed by atoms with Crippen LogP contribution in [0.3, 0.4) is 0 Å². The van der Waals surface area contributed by atoms with Gasteiger partial charge in [0.25, 0.3) is 0 Å². The van der Waals surface area contributed by atoms with Crippen molar-refractivity contribution >= 4 is 5.97 Å². The average molecular weight is 165 g/mol. The lowest BCUT2D eigenvalue weighted by atomic mass is 10.5. The fourth-order valence-corrected chi connectivity index (χ4v) is 0.743. The summed E-state index contributed by atoms with van der Waals surface area (Å²) in [4.78, 5) is 10.5. The molecule has 0 spiro atoms. The molecule has 0 amide bonds. The third-order valence-corrected chi connectivity index (χ3v) is 1.22. The van der Waals surface area contributed by atoms with Crippen molar-refractivity contribution in [1.29, 1.82) is 5.26 Å². The Hall–Kier alpha value is -1.83. The van der Waals surface area contributed by atoms with E-state index in [1.54, 1.807) is 7.05 Å². The van der Waals surface area contributed by atoms with Crippen LogP contribution < -0.4 is 4.74 Å². The molecule has 62 valence electrons. The topological polar surface area (TPSA) is 67.9 Å². The Morgan fingerprint density at radius 1 is 1.83 bits per heavy atom. The van der Waals surface area contributed by atoms with E-state index in [9.17, 15) is 4.79 Å². The number of hydrogen-bond donors (Lipinski definition) is 0. The standard InChI is InChI=1S/C7H7N3O2/c1-5(11)12-7-3-6(4-8)10(2)9-7/h3H,1-2H3. The Kier molecular flexibility index (Phi) is 2.10. The lowest BCUT2D eigenvalue weighted by Crippen LogP contribution is -2.02. The van der Waals surface area contributed by atoms with Crippen LogP contribution in [0.2, 0.25) is 0 Å². The summed E-state index contributed by atoms with van der Waals surface area (Å²) in [6.07, 6.45) is 0. The molecule has 0 atom stereocenters. The average Bonchev–Trinajstić information content (AvgIpc) is 2.29. The summed E-state index contributed by atoms with van der Waals surface area (Å²) in [5.41, 5.74) is 0.353. The molecule has 0 aliphatic heterocycles. The zero-order chi connectivity index (χ0) is 9.14. The monoisotopic (exact) mass is 165 g/mol. The van der Waals surface area contributed by atoms with Gasteiger partial charge < -0.3 is 4.74 Å². The number of hydrogen-bond acceptors (Lipinski definition) is 4. The maximum absolute atomic E-state index is 10.5. The summed E-state index contributed by atoms with van der Waals surface area (Å²) in [6.45, 7) is 1.28. The van der Waals surface area contributed by atoms with Crippen LogP contribution >= 0.6 is 0 Å². The SMILES string of the molecule is CC(=O)Oc1cc(C#N)n(C)n1. The Morgan fingerprint density at radius 3 is 2.92 bits per heavy atom. The summed E-state index contributed by atoms with van der Waals surface area (Å²) < 4.78 is 6.00. The number of ether oxygens (including phenoxy) is 1. The van der Waals surface area contributed by atoms with Gasteiger partial charge in [-0.25, -0.2) is 0 Å². The molecule has 5 heteroatoms. The van der Waals surface area contributed by atoms with E-state index in [-0.39, 0.29) is 5.88 Å². The Bertz CT molecular complexity index is 348. The number of rotatable bonds is 1. The highest BCUT2D eigenvalue weighted by molar-refractivity contribution is 5.68. The number of carbonyl (C=O) groups excluding carboxylic acids is 1. The molecule has 1 rings (SSSR count). The van der Waals surface area contributed by atoms with E-state index in [0.29, 0.717) is 5.69 Å². The van der Waals surface area contributed by atoms with Crippen LogP contribution in [0.1, 0.15) is 12.6 Å². The van der Waals surface area contributed by atoms with Gasteiger partial charge in [0.15, 0.2) is 0 Å². The molecule has 5 nitrogen and oxygen atoms in total. The molecule has 0 unspecified atom stereocenters. The van der Waals surface area contributed by atoms with Crippen molar-refractivity contribution in [1.82, 2.24) is 9.78 Å². The summed E-state index contributed by atoms with van der Waals surface area (Å²) in [5.74, 6) is -0.292. The van der Waals surface area contributed by atoms with Gasteiger partial charge in [0.1, 0.15) is 11.8 Å². The van der Waals surface area contributed by atoms with Gasteiger partial charge >= 0.3 is 5.97 Å². The van der Waals surface area contributed by atoms with E-state index in [1.165, 1.54) is 17.7 Å². The maximum atomic E-state index is 10.5. The first-order chi connectivity index (χ1) is 5.63. The van der Waals surface area contributed by atoms with Crippen LogP contribution in [-0.2, 0) is 11.8 Å². The highest BCUT2D eigenvalue weighted by atomic mass is 16.5. The van der Waals surface area contributed by atoms with E-state index in [0.717, 1.165) is 0 Å². The second-order valence-electron chi connectivity index (χ2n) is 2.20. The molecule has 0 saturated carbocycles. The molecule has 1 aromatic rings. The van der Waals surface area contributed by atoms with Crippen LogP contribution in [0.15, 0.2) is 6.07 Å². The van der Waals surface area contributed by atoms with Crippen LogP contribution in [0, 0.1) is 11.3 Å². The van der Waals surface area contributed by atoms with Gasteiger partial charge in [-0.3, -0.25) is 9.48 Å². The normalized spacial score (nSPS) is 9.08. The van der Waals surface area contributed by atoms with Gasteiger partial charge in [0.2, 0.25) is 5.88 Å². The van der Waals surface area contributed by atoms with Crippen molar-refractivity contribution in [2.24, 2.45) is 7.05 Å². The summed E-state index contributed by atoms with van der Waals surface area (Å²) in [5, 5.41) is 12.3. The molecule has 0 fully saturated rings. The largest absolute Gasteiger partial charge is 0.406 e. The Balaban J connectivity index is 2.91. The lowest BCUT2D eigenvalue weighted by Gasteiger charge is -1.91. The van der Waals surface area contributed by atoms with Crippen molar-refractivity contribution in [2.45, 2.75) is 6.92 Å². The van der Waals surface area contributed by atoms with Crippen LogP contribution in [0.5, 0.6) is 5.88 Å². The predicted molar refractivity (Wildman–Crippen MR) is 39.2 cm³/mol. The molecule has 12 heavy (non-hydrogen) atoms. The van der Waals surface area contributed by atoms with Gasteiger partial charge in [0, 0.05) is 20.0 Å². The fourth-order valence-electron chi connectivity index (χ4n) is 0.743. The molecule has 1 aromatic heterocycles. The molecule has 0 aliphatic rings. The van der Waals surface area contributed by atoms with E-state index in [4.69, 9.17) is 5.26 Å². The van der Waals surface area contributed by atoms with E-state index >= 15 is 0 Å². The van der Waals surface area contributed by atoms with Crippen molar-refractivity contribution in [3.63, 3.8) is 0 Å². The van der Waals surface area contributed by atoms with Gasteiger partial charge in [-0.05, 0) is 0 Å². The number of aryl methyl sites for hydroxylation is 1. The molecule has 1 heterocycles. The third-order valence-electron chi connectivity index (χ3n) is 1.22. The minimum absolute atomic E-state index is 0.154. The van der Waals surface area contributed by atoms with Gasteiger partial charge in [-0.15, -0.1) is 5.10 Å². The van der Waals surface area contributed by atoms with Gasteiger partial charge in [-0.1, -0.05) is 0 Å². The minimum Gasteiger partial charge on any atom is -0.406 e. The molecule has 0 aromatic carbocycles.